The average molecular weight is 919 g/mol. The third kappa shape index (κ3) is 34.2. The van der Waals surface area contributed by atoms with E-state index in [9.17, 15) is 28.5 Å². The Morgan fingerprint density at radius 3 is 1.58 bits per heavy atom. The summed E-state index contributed by atoms with van der Waals surface area (Å²) in [6.45, 7) is 3.68. The summed E-state index contributed by atoms with van der Waals surface area (Å²) < 4.78 is 59.0. The highest BCUT2D eigenvalue weighted by atomic mass is 32.3. The van der Waals surface area contributed by atoms with Gasteiger partial charge in [0.15, 0.2) is 6.29 Å². The number of hydrogen-bond donors (Lipinski definition) is 4. The van der Waals surface area contributed by atoms with E-state index in [2.05, 4.69) is 121 Å². The number of aliphatic hydroxyl groups excluding tert-OH is 3. The molecule has 0 aliphatic carbocycles. The molecule has 6 atom stereocenters. The van der Waals surface area contributed by atoms with Gasteiger partial charge in [-0.15, -0.1) is 0 Å². The molecule has 0 radical (unpaired) electrons. The number of ether oxygens (including phenoxy) is 4. The number of allylic oxidation sites excluding steroid dienone is 18. The van der Waals surface area contributed by atoms with Gasteiger partial charge in [-0.25, -0.2) is 4.18 Å². The van der Waals surface area contributed by atoms with Crippen molar-refractivity contribution in [3.63, 3.8) is 0 Å². The third-order valence-corrected chi connectivity index (χ3v) is 10.3. The zero-order valence-corrected chi connectivity index (χ0v) is 39.6. The first-order valence-electron chi connectivity index (χ1n) is 23.6. The number of hydrogen-bond acceptors (Lipinski definition) is 11. The second kappa shape index (κ2) is 41.2. The first-order valence-corrected chi connectivity index (χ1v) is 25.0. The minimum atomic E-state index is -5.08. The third-order valence-electron chi connectivity index (χ3n) is 9.86. The molecule has 0 saturated carbocycles. The summed E-state index contributed by atoms with van der Waals surface area (Å²) in [4.78, 5) is 12.9. The van der Waals surface area contributed by atoms with Crippen LogP contribution in [0.3, 0.4) is 0 Å². The van der Waals surface area contributed by atoms with Crippen molar-refractivity contribution in [1.82, 2.24) is 0 Å². The summed E-state index contributed by atoms with van der Waals surface area (Å²) in [5, 5.41) is 30.7. The maximum atomic E-state index is 12.9. The lowest BCUT2D eigenvalue weighted by molar-refractivity contribution is -0.301. The zero-order valence-electron chi connectivity index (χ0n) is 38.8. The van der Waals surface area contributed by atoms with E-state index in [0.717, 1.165) is 89.9 Å². The molecule has 0 spiro atoms. The fourth-order valence-corrected chi connectivity index (χ4v) is 6.85. The lowest BCUT2D eigenvalue weighted by Crippen LogP contribution is -2.60. The predicted molar refractivity (Wildman–Crippen MR) is 257 cm³/mol. The summed E-state index contributed by atoms with van der Waals surface area (Å²) >= 11 is 0. The molecule has 6 unspecified atom stereocenters. The van der Waals surface area contributed by atoms with Crippen LogP contribution in [0.25, 0.3) is 0 Å². The minimum Gasteiger partial charge on any atom is -0.457 e. The van der Waals surface area contributed by atoms with E-state index in [1.807, 2.05) is 6.08 Å². The van der Waals surface area contributed by atoms with Crippen LogP contribution >= 0.6 is 0 Å². The van der Waals surface area contributed by atoms with Crippen LogP contribution in [0.2, 0.25) is 0 Å². The van der Waals surface area contributed by atoms with Gasteiger partial charge in [-0.1, -0.05) is 155 Å². The Bertz CT molecular complexity index is 1530. The van der Waals surface area contributed by atoms with Crippen LogP contribution in [-0.4, -0.2) is 97.5 Å². The molecular formula is C51H82O12S. The summed E-state index contributed by atoms with van der Waals surface area (Å²) in [6, 6.07) is 0. The smallest absolute Gasteiger partial charge is 0.397 e. The maximum absolute atomic E-state index is 12.9. The Hall–Kier alpha value is -3.24. The van der Waals surface area contributed by atoms with Gasteiger partial charge in [0.1, 0.15) is 30.5 Å². The molecule has 364 valence electrons. The minimum absolute atomic E-state index is 0.00260. The van der Waals surface area contributed by atoms with Gasteiger partial charge in [0.2, 0.25) is 0 Å². The molecule has 4 N–H and O–H groups in total. The van der Waals surface area contributed by atoms with Crippen LogP contribution in [0, 0.1) is 0 Å². The highest BCUT2D eigenvalue weighted by Crippen LogP contribution is 2.26. The summed E-state index contributed by atoms with van der Waals surface area (Å²) in [7, 11) is -5.08. The van der Waals surface area contributed by atoms with Gasteiger partial charge in [-0.05, 0) is 89.9 Å². The van der Waals surface area contributed by atoms with E-state index in [-0.39, 0.29) is 19.6 Å². The van der Waals surface area contributed by atoms with Crippen molar-refractivity contribution in [2.45, 2.75) is 179 Å². The molecule has 12 nitrogen and oxygen atoms in total. The van der Waals surface area contributed by atoms with E-state index < -0.39 is 59.8 Å². The first-order chi connectivity index (χ1) is 31.1. The van der Waals surface area contributed by atoms with E-state index >= 15 is 0 Å². The Labute approximate surface area is 386 Å². The van der Waals surface area contributed by atoms with Crippen molar-refractivity contribution in [2.24, 2.45) is 0 Å². The molecule has 0 bridgehead atoms. The van der Waals surface area contributed by atoms with Crippen molar-refractivity contribution in [2.75, 3.05) is 26.4 Å². The van der Waals surface area contributed by atoms with Crippen LogP contribution in [-0.2, 0) is 38.3 Å². The van der Waals surface area contributed by atoms with Gasteiger partial charge in [-0.3, -0.25) is 9.35 Å². The molecule has 1 heterocycles. The number of aliphatic hydroxyl groups is 3. The van der Waals surface area contributed by atoms with Gasteiger partial charge in [-0.2, -0.15) is 8.42 Å². The van der Waals surface area contributed by atoms with Gasteiger partial charge >= 0.3 is 16.4 Å². The average Bonchev–Trinajstić information content (AvgIpc) is 3.27. The molecule has 0 aromatic heterocycles. The Morgan fingerprint density at radius 1 is 0.609 bits per heavy atom. The van der Waals surface area contributed by atoms with Crippen molar-refractivity contribution in [3.05, 3.63) is 109 Å². The van der Waals surface area contributed by atoms with Gasteiger partial charge in [0.05, 0.1) is 19.8 Å². The van der Waals surface area contributed by atoms with Gasteiger partial charge in [0, 0.05) is 13.0 Å². The Balaban J connectivity index is 2.47. The predicted octanol–water partition coefficient (Wildman–Crippen LogP) is 10.4. The number of esters is 1. The van der Waals surface area contributed by atoms with E-state index in [0.29, 0.717) is 19.4 Å². The molecule has 1 aliphatic rings. The van der Waals surface area contributed by atoms with Crippen molar-refractivity contribution in [3.8, 4) is 0 Å². The van der Waals surface area contributed by atoms with Crippen molar-refractivity contribution in [1.29, 1.82) is 0 Å². The number of carbonyl (C=O) groups excluding carboxylic acids is 1. The molecule has 1 aliphatic heterocycles. The highest BCUT2D eigenvalue weighted by Gasteiger charge is 2.48. The second-order valence-corrected chi connectivity index (χ2v) is 16.7. The Morgan fingerprint density at radius 2 is 1.08 bits per heavy atom. The molecule has 0 aromatic carbocycles. The number of rotatable bonds is 39. The zero-order chi connectivity index (χ0) is 46.8. The fourth-order valence-electron chi connectivity index (χ4n) is 6.34. The van der Waals surface area contributed by atoms with Crippen LogP contribution in [0.1, 0.15) is 142 Å². The van der Waals surface area contributed by atoms with Crippen LogP contribution in [0.15, 0.2) is 109 Å². The number of carbonyl (C=O) groups is 1. The molecule has 1 saturated heterocycles. The molecule has 0 aromatic rings. The summed E-state index contributed by atoms with van der Waals surface area (Å²) in [6.07, 6.45) is 48.4. The van der Waals surface area contributed by atoms with Crippen molar-refractivity contribution < 1.29 is 56.2 Å². The van der Waals surface area contributed by atoms with Gasteiger partial charge < -0.3 is 34.3 Å². The number of unbranched alkanes of at least 4 members (excludes halogenated alkanes) is 8. The van der Waals surface area contributed by atoms with E-state index in [1.54, 1.807) is 0 Å². The highest BCUT2D eigenvalue weighted by molar-refractivity contribution is 7.80. The largest absolute Gasteiger partial charge is 0.457 e. The molecule has 64 heavy (non-hydrogen) atoms. The molecule has 13 heteroatoms. The van der Waals surface area contributed by atoms with Crippen LogP contribution in [0.5, 0.6) is 0 Å². The fraction of sp³-hybridized carbons (Fsp3) is 0.627. The van der Waals surface area contributed by atoms with E-state index in [1.165, 1.54) is 19.3 Å². The normalized spacial score (nSPS) is 20.8. The monoisotopic (exact) mass is 919 g/mol. The standard InChI is InChI=1S/C51H82O12S/c1-3-5-7-9-11-13-15-17-19-20-21-22-23-24-25-26-27-28-30-32-34-36-38-40-47(53)61-45(43-59-41-39-37-35-33-31-29-18-16-14-12-10-8-6-4-2)44-60-51-49(55)50(63-64(56,57)58)48(54)46(42-52)62-51/h5,7-8,10-11,13-14,16-17,19,21-22,24-25,27-28,32,34,45-46,48-52,54-55H,3-4,6,9,12,15,18,20,23,26,29-31,33,35-44H2,1-2H3,(H,56,57,58)/b7-5-,10-8-,13-11-,16-14-,19-17-,22-21-,25-24-,28-27-,34-32-. The van der Waals surface area contributed by atoms with E-state index in [4.69, 9.17) is 23.5 Å². The second-order valence-electron chi connectivity index (χ2n) is 15.6. The van der Waals surface area contributed by atoms with Gasteiger partial charge in [0.25, 0.3) is 0 Å². The molecular weight excluding hydrogens is 837 g/mol. The molecule has 0 amide bonds. The maximum Gasteiger partial charge on any atom is 0.397 e. The Kier molecular flexibility index (Phi) is 37.8. The topological polar surface area (TPSA) is 178 Å². The summed E-state index contributed by atoms with van der Waals surface area (Å²) in [5.41, 5.74) is 0. The van der Waals surface area contributed by atoms with Crippen LogP contribution in [0.4, 0.5) is 0 Å². The van der Waals surface area contributed by atoms with Crippen LogP contribution < -0.4 is 0 Å². The molecule has 1 rings (SSSR count). The van der Waals surface area contributed by atoms with Crippen molar-refractivity contribution >= 4 is 16.4 Å². The quantitative estimate of drug-likeness (QED) is 0.0199. The molecule has 1 fully saturated rings. The summed E-state index contributed by atoms with van der Waals surface area (Å²) in [5.74, 6) is -0.466. The lowest BCUT2D eigenvalue weighted by Gasteiger charge is -2.41. The first kappa shape index (κ1) is 58.8. The lowest BCUT2D eigenvalue weighted by atomic mass is 9.99. The SMILES string of the molecule is CC/C=C\C/C=C\C/C=C\C/C=C\C/C=C\C/C=C\C/C=C\CCCC(=O)OC(COCCCCCCCC/C=C\C/C=C\CCC)COC1OC(CO)C(O)C(OS(=O)(=O)O)C1O.